The Hall–Kier alpha value is -4.20. The maximum absolute atomic E-state index is 14.1. The monoisotopic (exact) mass is 748 g/mol. The lowest BCUT2D eigenvalue weighted by atomic mass is 9.89. The predicted octanol–water partition coefficient (Wildman–Crippen LogP) is 5.20. The van der Waals surface area contributed by atoms with E-state index in [1.165, 1.54) is 24.3 Å². The zero-order chi connectivity index (χ0) is 41.1. The molecule has 2 N–H and O–H groups in total. The summed E-state index contributed by atoms with van der Waals surface area (Å²) in [5, 5.41) is 12.9. The Morgan fingerprint density at radius 1 is 0.717 bits per heavy atom. The number of carbonyl (C=O) groups excluding carboxylic acids is 6. The summed E-state index contributed by atoms with van der Waals surface area (Å²) in [5.41, 5.74) is -4.83. The first-order valence-corrected chi connectivity index (χ1v) is 17.7. The van der Waals surface area contributed by atoms with E-state index in [9.17, 15) is 33.9 Å². The molecule has 1 saturated heterocycles. The van der Waals surface area contributed by atoms with Crippen molar-refractivity contribution in [3.05, 3.63) is 29.8 Å². The van der Waals surface area contributed by atoms with E-state index < -0.39 is 100 Å². The van der Waals surface area contributed by atoms with E-state index in [2.05, 4.69) is 5.32 Å². The van der Waals surface area contributed by atoms with Crippen LogP contribution in [0, 0.1) is 27.6 Å². The highest BCUT2D eigenvalue weighted by Crippen LogP contribution is 2.39. The molecular weight excluding hydrogens is 688 g/mol. The van der Waals surface area contributed by atoms with E-state index >= 15 is 0 Å². The minimum Gasteiger partial charge on any atom is -0.508 e. The number of hydrogen-bond acceptors (Lipinski definition) is 12. The van der Waals surface area contributed by atoms with Crippen LogP contribution in [0.15, 0.2) is 24.3 Å². The topological polar surface area (TPSA) is 184 Å². The van der Waals surface area contributed by atoms with Crippen LogP contribution < -0.4 is 5.32 Å². The van der Waals surface area contributed by atoms with E-state index in [4.69, 9.17) is 23.7 Å². The van der Waals surface area contributed by atoms with Crippen LogP contribution >= 0.6 is 0 Å². The molecule has 0 radical (unpaired) electrons. The Morgan fingerprint density at radius 2 is 1.15 bits per heavy atom. The normalized spacial score (nSPS) is 21.8. The molecule has 0 aliphatic carbocycles. The second kappa shape index (κ2) is 16.4. The summed E-state index contributed by atoms with van der Waals surface area (Å²) < 4.78 is 30.2. The molecule has 0 spiro atoms. The van der Waals surface area contributed by atoms with Crippen LogP contribution in [0.1, 0.15) is 115 Å². The van der Waals surface area contributed by atoms with Crippen molar-refractivity contribution < 1.29 is 57.6 Å². The van der Waals surface area contributed by atoms with Gasteiger partial charge in [0.05, 0.1) is 27.6 Å². The number of esters is 4. The second-order valence-electron chi connectivity index (χ2n) is 18.6. The molecule has 53 heavy (non-hydrogen) atoms. The van der Waals surface area contributed by atoms with Gasteiger partial charge in [0.15, 0.2) is 18.4 Å². The van der Waals surface area contributed by atoms with Crippen LogP contribution in [0.3, 0.4) is 0 Å². The summed E-state index contributed by atoms with van der Waals surface area (Å²) in [6, 6.07) is 4.04. The van der Waals surface area contributed by atoms with Crippen LogP contribution in [-0.4, -0.2) is 83.1 Å². The molecule has 0 aromatic heterocycles. The number of nitrogens with one attached hydrogen (secondary N) is 1. The van der Waals surface area contributed by atoms with Crippen molar-refractivity contribution in [3.63, 3.8) is 0 Å². The molecule has 6 atom stereocenters. The second-order valence-corrected chi connectivity index (χ2v) is 18.6. The molecule has 1 aliphatic rings. The minimum absolute atomic E-state index is 0.108. The van der Waals surface area contributed by atoms with Crippen LogP contribution in [-0.2, 0) is 52.5 Å². The largest absolute Gasteiger partial charge is 0.508 e. The SMILES string of the molecule is CC(C)(C)NC(=O)C(c1ccc(O)cc1)N(C=O)C1OC(OC(=O)C(C)(C)C)C(COC(=O)C(C)(C)C)C(OC(=O)C(C)(C)C)C1OC(=O)C(C)(C)C. The fourth-order valence-electron chi connectivity index (χ4n) is 4.78. The van der Waals surface area contributed by atoms with Crippen LogP contribution in [0.4, 0.5) is 0 Å². The average Bonchev–Trinajstić information content (AvgIpc) is 2.98. The third-order valence-corrected chi connectivity index (χ3v) is 7.88. The molecule has 298 valence electrons. The summed E-state index contributed by atoms with van der Waals surface area (Å²) in [4.78, 5) is 82.4. The highest BCUT2D eigenvalue weighted by atomic mass is 16.7. The van der Waals surface area contributed by atoms with Crippen molar-refractivity contribution >= 4 is 36.2 Å². The first-order valence-electron chi connectivity index (χ1n) is 17.7. The van der Waals surface area contributed by atoms with E-state index in [1.54, 1.807) is 104 Å². The molecule has 2 amide bonds. The van der Waals surface area contributed by atoms with Gasteiger partial charge in [0.2, 0.25) is 18.6 Å². The Kier molecular flexibility index (Phi) is 13.9. The predicted molar refractivity (Wildman–Crippen MR) is 193 cm³/mol. The highest BCUT2D eigenvalue weighted by molar-refractivity contribution is 5.86. The quantitative estimate of drug-likeness (QED) is 0.181. The van der Waals surface area contributed by atoms with Gasteiger partial charge in [-0.05, 0) is 122 Å². The maximum atomic E-state index is 14.1. The number of phenolic OH excluding ortho intramolecular Hbond substituents is 1. The Bertz CT molecular complexity index is 1490. The van der Waals surface area contributed by atoms with Gasteiger partial charge in [0.25, 0.3) is 0 Å². The fourth-order valence-corrected chi connectivity index (χ4v) is 4.78. The summed E-state index contributed by atoms with van der Waals surface area (Å²) in [6.07, 6.45) is -6.33. The lowest BCUT2D eigenvalue weighted by molar-refractivity contribution is -0.312. The third kappa shape index (κ3) is 12.4. The standard InChI is InChI=1S/C39H60N2O12/c1-35(2,3)31(45)49-20-24-26(50-32(46)36(4,5)6)27(51-33(47)37(7,8)9)29(52-30(24)53-34(48)38(10,11)12)41(21-42)25(28(44)40-39(13,14)15)22-16-18-23(43)19-17-22/h16-19,21,24-27,29-30,43H,20H2,1-15H3,(H,40,44). The molecule has 0 bridgehead atoms. The van der Waals surface area contributed by atoms with Gasteiger partial charge < -0.3 is 34.1 Å². The van der Waals surface area contributed by atoms with Crippen molar-refractivity contribution in [2.75, 3.05) is 6.61 Å². The summed E-state index contributed by atoms with van der Waals surface area (Å²) in [7, 11) is 0. The van der Waals surface area contributed by atoms with Gasteiger partial charge >= 0.3 is 23.9 Å². The molecule has 1 aromatic carbocycles. The molecular formula is C39H60N2O12. The zero-order valence-corrected chi connectivity index (χ0v) is 33.9. The molecule has 14 nitrogen and oxygen atoms in total. The van der Waals surface area contributed by atoms with E-state index in [0.29, 0.717) is 6.41 Å². The van der Waals surface area contributed by atoms with Gasteiger partial charge in [-0.3, -0.25) is 33.7 Å². The maximum Gasteiger partial charge on any atom is 0.313 e. The van der Waals surface area contributed by atoms with E-state index in [-0.39, 0.29) is 11.3 Å². The highest BCUT2D eigenvalue weighted by Gasteiger charge is 2.57. The number of aromatic hydroxyl groups is 1. The van der Waals surface area contributed by atoms with Crippen LogP contribution in [0.5, 0.6) is 5.75 Å². The van der Waals surface area contributed by atoms with Crippen LogP contribution in [0.2, 0.25) is 0 Å². The number of amides is 2. The van der Waals surface area contributed by atoms with E-state index in [1.807, 2.05) is 0 Å². The van der Waals surface area contributed by atoms with Crippen molar-refractivity contribution in [2.24, 2.45) is 27.6 Å². The van der Waals surface area contributed by atoms with Gasteiger partial charge in [0, 0.05) is 5.54 Å². The number of hydrogen-bond donors (Lipinski definition) is 2. The third-order valence-electron chi connectivity index (χ3n) is 7.88. The Labute approximate surface area is 313 Å². The summed E-state index contributed by atoms with van der Waals surface area (Å²) >= 11 is 0. The van der Waals surface area contributed by atoms with Gasteiger partial charge in [0.1, 0.15) is 18.4 Å². The number of carbonyl (C=O) groups is 6. The summed E-state index contributed by atoms with van der Waals surface area (Å²) in [6.45, 7) is 24.0. The van der Waals surface area contributed by atoms with Crippen molar-refractivity contribution in [3.8, 4) is 5.75 Å². The minimum atomic E-state index is -1.74. The fraction of sp³-hybridized carbons (Fsp3) is 0.692. The Balaban J connectivity index is 3.01. The van der Waals surface area contributed by atoms with Crippen LogP contribution in [0.25, 0.3) is 0 Å². The molecule has 1 aliphatic heterocycles. The van der Waals surface area contributed by atoms with Gasteiger partial charge in [-0.1, -0.05) is 12.1 Å². The summed E-state index contributed by atoms with van der Waals surface area (Å²) in [5.74, 6) is -5.00. The van der Waals surface area contributed by atoms with E-state index in [0.717, 1.165) is 4.90 Å². The molecule has 2 rings (SSSR count). The number of ether oxygens (including phenoxy) is 5. The lowest BCUT2D eigenvalue weighted by Crippen LogP contribution is -2.66. The molecule has 1 fully saturated rings. The molecule has 6 unspecified atom stereocenters. The van der Waals surface area contributed by atoms with Crippen molar-refractivity contribution in [1.82, 2.24) is 10.2 Å². The first kappa shape index (κ1) is 45.0. The molecule has 14 heteroatoms. The number of rotatable bonds is 10. The van der Waals surface area contributed by atoms with Crippen molar-refractivity contribution in [1.29, 1.82) is 0 Å². The molecule has 0 saturated carbocycles. The number of nitrogens with zero attached hydrogens (tertiary/aromatic N) is 1. The number of benzene rings is 1. The number of phenols is 1. The lowest BCUT2D eigenvalue weighted by Gasteiger charge is -2.49. The average molecular weight is 749 g/mol. The molecule has 1 heterocycles. The first-order chi connectivity index (χ1) is 23.9. The Morgan fingerprint density at radius 3 is 1.57 bits per heavy atom. The van der Waals surface area contributed by atoms with Crippen molar-refractivity contribution in [2.45, 2.75) is 140 Å². The smallest absolute Gasteiger partial charge is 0.313 e. The van der Waals surface area contributed by atoms with Gasteiger partial charge in [-0.25, -0.2) is 0 Å². The molecule has 1 aromatic rings. The van der Waals surface area contributed by atoms with Gasteiger partial charge in [-0.15, -0.1) is 0 Å². The zero-order valence-electron chi connectivity index (χ0n) is 33.9. The van der Waals surface area contributed by atoms with Gasteiger partial charge in [-0.2, -0.15) is 0 Å².